The molecule has 0 spiro atoms. The third-order valence-corrected chi connectivity index (χ3v) is 3.45. The van der Waals surface area contributed by atoms with E-state index in [1.54, 1.807) is 12.1 Å². The van der Waals surface area contributed by atoms with Crippen molar-refractivity contribution in [3.05, 3.63) is 28.3 Å². The molecule has 0 aromatic heterocycles. The van der Waals surface area contributed by atoms with E-state index in [-0.39, 0.29) is 0 Å². The molecule has 1 atom stereocenters. The van der Waals surface area contributed by atoms with Crippen molar-refractivity contribution in [2.45, 2.75) is 18.9 Å². The van der Waals surface area contributed by atoms with Crippen LogP contribution in [0, 0.1) is 6.92 Å². The molecule has 2 N–H and O–H groups in total. The first kappa shape index (κ1) is 12.2. The Bertz CT molecular complexity index is 475. The highest BCUT2D eigenvalue weighted by molar-refractivity contribution is 6.31. The summed E-state index contributed by atoms with van der Waals surface area (Å²) in [6, 6.07) is 3.48. The van der Waals surface area contributed by atoms with Crippen LogP contribution >= 0.6 is 11.6 Å². The lowest BCUT2D eigenvalue weighted by Gasteiger charge is -2.33. The molecule has 1 aromatic rings. The lowest BCUT2D eigenvalue weighted by Crippen LogP contribution is -2.49. The van der Waals surface area contributed by atoms with Crippen molar-refractivity contribution in [2.75, 3.05) is 13.7 Å². The van der Waals surface area contributed by atoms with Crippen LogP contribution in [0.25, 0.3) is 0 Å². The summed E-state index contributed by atoms with van der Waals surface area (Å²) in [5, 5.41) is 0.563. The Morgan fingerprint density at radius 2 is 2.29 bits per heavy atom. The van der Waals surface area contributed by atoms with E-state index < -0.39 is 11.5 Å². The van der Waals surface area contributed by atoms with Gasteiger partial charge >= 0.3 is 5.97 Å². The molecule has 0 amide bonds. The Morgan fingerprint density at radius 1 is 1.59 bits per heavy atom. The summed E-state index contributed by atoms with van der Waals surface area (Å²) in [5.41, 5.74) is 6.44. The monoisotopic (exact) mass is 255 g/mol. The number of rotatable bonds is 1. The summed E-state index contributed by atoms with van der Waals surface area (Å²) < 4.78 is 10.3. The number of esters is 1. The van der Waals surface area contributed by atoms with Gasteiger partial charge in [0.25, 0.3) is 0 Å². The van der Waals surface area contributed by atoms with E-state index >= 15 is 0 Å². The van der Waals surface area contributed by atoms with Crippen molar-refractivity contribution in [1.82, 2.24) is 0 Å². The van der Waals surface area contributed by atoms with E-state index in [9.17, 15) is 4.79 Å². The number of fused-ring (bicyclic) bond motifs is 1. The van der Waals surface area contributed by atoms with E-state index in [1.165, 1.54) is 7.11 Å². The summed E-state index contributed by atoms with van der Waals surface area (Å²) >= 11 is 6.06. The number of carbonyl (C=O) groups is 1. The van der Waals surface area contributed by atoms with Gasteiger partial charge in [-0.2, -0.15) is 0 Å². The maximum absolute atomic E-state index is 11.8. The highest BCUT2D eigenvalue weighted by Crippen LogP contribution is 2.39. The van der Waals surface area contributed by atoms with Gasteiger partial charge in [0.05, 0.1) is 13.7 Å². The average molecular weight is 256 g/mol. The minimum absolute atomic E-state index is 0.381. The van der Waals surface area contributed by atoms with Crippen molar-refractivity contribution in [3.8, 4) is 5.75 Å². The Balaban J connectivity index is 2.58. The minimum Gasteiger partial charge on any atom is -0.493 e. The summed E-state index contributed by atoms with van der Waals surface area (Å²) in [7, 11) is 1.32. The van der Waals surface area contributed by atoms with Gasteiger partial charge in [-0.25, -0.2) is 4.79 Å². The van der Waals surface area contributed by atoms with Crippen LogP contribution in [0.1, 0.15) is 17.5 Å². The molecule has 0 radical (unpaired) electrons. The number of methoxy groups -OCH3 is 1. The number of hydrogen-bond donors (Lipinski definition) is 1. The molecule has 0 aliphatic carbocycles. The van der Waals surface area contributed by atoms with Crippen molar-refractivity contribution in [1.29, 1.82) is 0 Å². The second kappa shape index (κ2) is 4.20. The first-order valence-corrected chi connectivity index (χ1v) is 5.67. The van der Waals surface area contributed by atoms with Crippen LogP contribution in [-0.2, 0) is 15.1 Å². The number of carbonyl (C=O) groups excluding carboxylic acids is 1. The quantitative estimate of drug-likeness (QED) is 0.777. The van der Waals surface area contributed by atoms with E-state index in [4.69, 9.17) is 26.8 Å². The lowest BCUT2D eigenvalue weighted by molar-refractivity contribution is -0.148. The summed E-state index contributed by atoms with van der Waals surface area (Å²) in [4.78, 5) is 11.8. The molecule has 1 heterocycles. The van der Waals surface area contributed by atoms with Crippen LogP contribution < -0.4 is 10.5 Å². The predicted octanol–water partition coefficient (Wildman–Crippen LogP) is 1.76. The molecule has 0 saturated carbocycles. The highest BCUT2D eigenvalue weighted by Gasteiger charge is 2.42. The summed E-state index contributed by atoms with van der Waals surface area (Å²) in [6.07, 6.45) is 0.381. The van der Waals surface area contributed by atoms with Crippen LogP contribution in [-0.4, -0.2) is 19.7 Å². The molecule has 17 heavy (non-hydrogen) atoms. The van der Waals surface area contributed by atoms with E-state index in [0.717, 1.165) is 5.56 Å². The number of aryl methyl sites for hydroxylation is 1. The maximum Gasteiger partial charge on any atom is 0.330 e. The van der Waals surface area contributed by atoms with Crippen LogP contribution in [0.4, 0.5) is 0 Å². The Hall–Kier alpha value is -1.26. The fourth-order valence-corrected chi connectivity index (χ4v) is 2.14. The van der Waals surface area contributed by atoms with Crippen LogP contribution in [0.3, 0.4) is 0 Å². The van der Waals surface area contributed by atoms with Gasteiger partial charge in [0, 0.05) is 17.0 Å². The molecule has 2 rings (SSSR count). The third-order valence-electron chi connectivity index (χ3n) is 3.05. The second-order valence-electron chi connectivity index (χ2n) is 4.16. The van der Waals surface area contributed by atoms with Crippen LogP contribution in [0.15, 0.2) is 12.1 Å². The number of benzene rings is 1. The smallest absolute Gasteiger partial charge is 0.330 e. The van der Waals surface area contributed by atoms with Crippen molar-refractivity contribution in [2.24, 2.45) is 5.73 Å². The number of halogens is 1. The van der Waals surface area contributed by atoms with Gasteiger partial charge in [-0.1, -0.05) is 11.6 Å². The van der Waals surface area contributed by atoms with Crippen LogP contribution in [0.5, 0.6) is 5.75 Å². The molecule has 0 bridgehead atoms. The van der Waals surface area contributed by atoms with Gasteiger partial charge in [-0.15, -0.1) is 0 Å². The SMILES string of the molecule is COC(=O)C1(N)CCOc2cc(C)c(Cl)cc21. The fraction of sp³-hybridized carbons (Fsp3) is 0.417. The van der Waals surface area contributed by atoms with Gasteiger partial charge in [0.2, 0.25) is 0 Å². The molecular formula is C12H14ClNO3. The van der Waals surface area contributed by atoms with Crippen LogP contribution in [0.2, 0.25) is 5.02 Å². The van der Waals surface area contributed by atoms with E-state index in [1.807, 2.05) is 6.92 Å². The van der Waals surface area contributed by atoms with E-state index in [0.29, 0.717) is 29.4 Å². The highest BCUT2D eigenvalue weighted by atomic mass is 35.5. The normalized spacial score (nSPS) is 22.6. The standard InChI is InChI=1S/C12H14ClNO3/c1-7-5-10-8(6-9(7)13)12(14,3-4-17-10)11(15)16-2/h5-6H,3-4,14H2,1-2H3. The molecule has 0 saturated heterocycles. The Morgan fingerprint density at radius 3 is 2.94 bits per heavy atom. The zero-order valence-corrected chi connectivity index (χ0v) is 10.5. The topological polar surface area (TPSA) is 61.5 Å². The fourth-order valence-electron chi connectivity index (χ4n) is 1.97. The number of nitrogens with two attached hydrogens (primary N) is 1. The van der Waals surface area contributed by atoms with Gasteiger partial charge in [-0.3, -0.25) is 0 Å². The number of hydrogen-bond acceptors (Lipinski definition) is 4. The zero-order chi connectivity index (χ0) is 12.6. The molecule has 1 aromatic carbocycles. The van der Waals surface area contributed by atoms with Crippen molar-refractivity contribution < 1.29 is 14.3 Å². The molecule has 1 unspecified atom stereocenters. The lowest BCUT2D eigenvalue weighted by atomic mass is 9.85. The molecule has 0 fully saturated rings. The molecule has 92 valence electrons. The van der Waals surface area contributed by atoms with Gasteiger partial charge in [-0.05, 0) is 24.6 Å². The molecular weight excluding hydrogens is 242 g/mol. The molecule has 4 nitrogen and oxygen atoms in total. The van der Waals surface area contributed by atoms with Gasteiger partial charge in [0.15, 0.2) is 0 Å². The van der Waals surface area contributed by atoms with Crippen molar-refractivity contribution >= 4 is 17.6 Å². The van der Waals surface area contributed by atoms with Crippen molar-refractivity contribution in [3.63, 3.8) is 0 Å². The molecule has 1 aliphatic heterocycles. The molecule has 5 heteroatoms. The predicted molar refractivity (Wildman–Crippen MR) is 64.2 cm³/mol. The maximum atomic E-state index is 11.8. The van der Waals surface area contributed by atoms with E-state index in [2.05, 4.69) is 0 Å². The number of ether oxygens (including phenoxy) is 2. The first-order chi connectivity index (χ1) is 7.99. The minimum atomic E-state index is -1.17. The van der Waals surface area contributed by atoms with Gasteiger partial charge < -0.3 is 15.2 Å². The molecule has 1 aliphatic rings. The zero-order valence-electron chi connectivity index (χ0n) is 9.75. The Kier molecular flexibility index (Phi) is 3.02. The average Bonchev–Trinajstić information content (AvgIpc) is 2.31. The summed E-state index contributed by atoms with van der Waals surface area (Å²) in [6.45, 7) is 2.26. The first-order valence-electron chi connectivity index (χ1n) is 5.30. The Labute approximate surface area is 105 Å². The summed E-state index contributed by atoms with van der Waals surface area (Å²) in [5.74, 6) is 0.132. The second-order valence-corrected chi connectivity index (χ2v) is 4.57. The largest absolute Gasteiger partial charge is 0.493 e. The third kappa shape index (κ3) is 1.87. The van der Waals surface area contributed by atoms with Gasteiger partial charge in [0.1, 0.15) is 11.3 Å².